The molecule has 342 valence electrons. The molecule has 15 heteroatoms. The first kappa shape index (κ1) is 51.2. The van der Waals surface area contributed by atoms with E-state index < -0.39 is 53.3 Å². The molecule has 1 aromatic heterocycles. The first-order chi connectivity index (χ1) is 28.7. The second kappa shape index (κ2) is 23.9. The second-order valence-corrected chi connectivity index (χ2v) is 19.0. The number of carbonyl (C=O) groups excluding carboxylic acids is 4. The summed E-state index contributed by atoms with van der Waals surface area (Å²) in [6, 6.07) is 2.50. The van der Waals surface area contributed by atoms with E-state index in [1.807, 2.05) is 39.6 Å². The number of hydrogen-bond donors (Lipinski definition) is 4. The first-order valence-electron chi connectivity index (χ1n) is 22.2. The average Bonchev–Trinajstić information content (AvgIpc) is 3.69. The molecule has 1 aliphatic rings. The molecular weight excluding hydrogens is 800 g/mol. The molecule has 0 bridgehead atoms. The van der Waals surface area contributed by atoms with Crippen LogP contribution >= 0.6 is 11.3 Å². The highest BCUT2D eigenvalue weighted by Gasteiger charge is 2.39. The minimum Gasteiger partial charge on any atom is -0.481 e. The van der Waals surface area contributed by atoms with Gasteiger partial charge in [0.2, 0.25) is 11.8 Å². The lowest BCUT2D eigenvalue weighted by atomic mass is 9.84. The number of likely N-dealkylation sites (tertiary alicyclic amines) is 1. The Balaban J connectivity index is 1.96. The zero-order valence-electron chi connectivity index (χ0n) is 38.4. The molecule has 0 saturated carbocycles. The molecule has 0 spiro atoms. The third-order valence-corrected chi connectivity index (χ3v) is 13.1. The maximum absolute atomic E-state index is 14.9. The molecule has 3 amide bonds. The summed E-state index contributed by atoms with van der Waals surface area (Å²) in [5.74, 6) is -2.73. The average molecular weight is 873 g/mol. The molecule has 7 atom stereocenters. The maximum Gasteiger partial charge on any atom is 0.309 e. The number of esters is 1. The van der Waals surface area contributed by atoms with E-state index in [1.54, 1.807) is 38.4 Å². The highest BCUT2D eigenvalue weighted by molar-refractivity contribution is 7.09. The molecule has 1 aliphatic heterocycles. The molecule has 0 radical (unpaired) electrons. The number of likely N-dealkylation sites (N-methyl/N-ethyl adjacent to an activating group) is 1. The largest absolute Gasteiger partial charge is 0.481 e. The summed E-state index contributed by atoms with van der Waals surface area (Å²) in [5, 5.41) is 20.8. The molecule has 1 saturated heterocycles. The summed E-state index contributed by atoms with van der Waals surface area (Å²) in [4.78, 5) is 76.1. The molecule has 13 nitrogen and oxygen atoms in total. The monoisotopic (exact) mass is 873 g/mol. The minimum absolute atomic E-state index is 0.0575. The third-order valence-electron chi connectivity index (χ3n) is 12.2. The van der Waals surface area contributed by atoms with Crippen LogP contribution in [0.25, 0.3) is 0 Å². The van der Waals surface area contributed by atoms with Crippen LogP contribution in [-0.2, 0) is 30.3 Å². The molecule has 0 aliphatic carbocycles. The number of ether oxygens (including phenoxy) is 1. The fourth-order valence-electron chi connectivity index (χ4n) is 8.05. The van der Waals surface area contributed by atoms with Crippen LogP contribution < -0.4 is 16.0 Å². The minimum atomic E-state index is -1.21. The number of piperidine rings is 1. The maximum atomic E-state index is 14.9. The van der Waals surface area contributed by atoms with E-state index >= 15 is 0 Å². The standard InChI is InChI=1S/C46H73FN6O7S/c1-12-14-15-16-20-53(44(57)40(30(6)13-2)51-42(56)38-22-29(5)19-21-52(38)11)37(28(3)4)25-39(60-31(7)54)43-50-36(27-61-43)41(55)49-33(26-46(8,9)45(58)59)23-32-17-18-35(48-10)34(47)24-32/h17-18,24,27-30,33,37-40,48H,12-16,19-23,25-26H2,1-11H3,(H,49,55)(H,51,56)(H,58,59)/t29-,30+,33+,37-,38-,39-,40+/m1/s1. The van der Waals surface area contributed by atoms with Crippen molar-refractivity contribution in [3.05, 3.63) is 45.7 Å². The lowest BCUT2D eigenvalue weighted by molar-refractivity contribution is -0.150. The number of anilines is 1. The number of unbranched alkanes of at least 4 members (excludes halogenated alkanes) is 3. The summed E-state index contributed by atoms with van der Waals surface area (Å²) >= 11 is 1.16. The van der Waals surface area contributed by atoms with Crippen LogP contribution in [0, 0.1) is 29.0 Å². The Labute approximate surface area is 367 Å². The van der Waals surface area contributed by atoms with Gasteiger partial charge < -0.3 is 30.7 Å². The van der Waals surface area contributed by atoms with Gasteiger partial charge in [0, 0.05) is 44.4 Å². The zero-order chi connectivity index (χ0) is 45.6. The van der Waals surface area contributed by atoms with Gasteiger partial charge in [0.25, 0.3) is 5.91 Å². The lowest BCUT2D eigenvalue weighted by Crippen LogP contribution is -2.59. The van der Waals surface area contributed by atoms with E-state index in [9.17, 15) is 33.5 Å². The number of carbonyl (C=O) groups is 5. The highest BCUT2D eigenvalue weighted by atomic mass is 32.1. The van der Waals surface area contributed by atoms with Crippen molar-refractivity contribution in [2.45, 2.75) is 157 Å². The van der Waals surface area contributed by atoms with Gasteiger partial charge >= 0.3 is 11.9 Å². The van der Waals surface area contributed by atoms with Crippen molar-refractivity contribution in [3.8, 4) is 0 Å². The fraction of sp³-hybridized carbons (Fsp3) is 0.696. The number of carboxylic acids is 1. The van der Waals surface area contributed by atoms with Crippen molar-refractivity contribution in [3.63, 3.8) is 0 Å². The Morgan fingerprint density at radius 2 is 1.80 bits per heavy atom. The van der Waals surface area contributed by atoms with Gasteiger partial charge in [-0.2, -0.15) is 0 Å². The van der Waals surface area contributed by atoms with Crippen LogP contribution in [0.15, 0.2) is 23.6 Å². The van der Waals surface area contributed by atoms with Gasteiger partial charge in [-0.3, -0.25) is 28.9 Å². The van der Waals surface area contributed by atoms with Crippen LogP contribution in [0.5, 0.6) is 0 Å². The molecule has 0 unspecified atom stereocenters. The van der Waals surface area contributed by atoms with Crippen LogP contribution in [0.4, 0.5) is 10.1 Å². The fourth-order valence-corrected chi connectivity index (χ4v) is 8.89. The topological polar surface area (TPSA) is 170 Å². The van der Waals surface area contributed by atoms with Gasteiger partial charge in [-0.05, 0) is 95.0 Å². The summed E-state index contributed by atoms with van der Waals surface area (Å²) in [7, 11) is 3.57. The van der Waals surface area contributed by atoms with Crippen LogP contribution in [-0.4, -0.2) is 101 Å². The Bertz CT molecular complexity index is 1770. The Morgan fingerprint density at radius 3 is 2.39 bits per heavy atom. The van der Waals surface area contributed by atoms with Crippen molar-refractivity contribution < 1.29 is 38.2 Å². The van der Waals surface area contributed by atoms with Gasteiger partial charge in [-0.25, -0.2) is 9.37 Å². The van der Waals surface area contributed by atoms with Crippen molar-refractivity contribution >= 4 is 46.7 Å². The van der Waals surface area contributed by atoms with Gasteiger partial charge in [-0.15, -0.1) is 11.3 Å². The number of thiazole rings is 1. The molecule has 1 fully saturated rings. The van der Waals surface area contributed by atoms with Crippen molar-refractivity contribution in [1.29, 1.82) is 0 Å². The van der Waals surface area contributed by atoms with Crippen LogP contribution in [0.2, 0.25) is 0 Å². The predicted octanol–water partition coefficient (Wildman–Crippen LogP) is 7.85. The zero-order valence-corrected chi connectivity index (χ0v) is 39.3. The highest BCUT2D eigenvalue weighted by Crippen LogP contribution is 2.33. The summed E-state index contributed by atoms with van der Waals surface area (Å²) in [6.45, 7) is 18.1. The number of benzene rings is 1. The normalized spacial score (nSPS) is 18.4. The molecule has 2 heterocycles. The number of rotatable bonds is 24. The number of aliphatic carboxylic acids is 1. The summed E-state index contributed by atoms with van der Waals surface area (Å²) in [6.07, 6.45) is 5.69. The third kappa shape index (κ3) is 15.0. The Kier molecular flexibility index (Phi) is 20.1. The molecule has 4 N–H and O–H groups in total. The van der Waals surface area contributed by atoms with E-state index in [4.69, 9.17) is 4.74 Å². The smallest absolute Gasteiger partial charge is 0.309 e. The van der Waals surface area contributed by atoms with Crippen molar-refractivity contribution in [2.75, 3.05) is 32.5 Å². The van der Waals surface area contributed by atoms with Crippen LogP contribution in [0.3, 0.4) is 0 Å². The van der Waals surface area contributed by atoms with Crippen LogP contribution in [0.1, 0.15) is 147 Å². The second-order valence-electron chi connectivity index (χ2n) is 18.1. The number of nitrogens with one attached hydrogen (secondary N) is 3. The quantitative estimate of drug-likeness (QED) is 0.0602. The van der Waals surface area contributed by atoms with Crippen molar-refractivity contribution in [2.24, 2.45) is 23.2 Å². The molecule has 2 aromatic rings. The summed E-state index contributed by atoms with van der Waals surface area (Å²) < 4.78 is 20.6. The van der Waals surface area contributed by atoms with E-state index in [1.165, 1.54) is 13.0 Å². The summed E-state index contributed by atoms with van der Waals surface area (Å²) in [5.41, 5.74) is -0.253. The number of amides is 3. The SMILES string of the molecule is CCCCCCN(C(=O)[C@@H](NC(=O)[C@H]1C[C@H](C)CCN1C)[C@@H](C)CC)[C@H](C[C@@H](OC(C)=O)c1nc(C(=O)N[C@@H](Cc2ccc(NC)c(F)c2)CC(C)(C)C(=O)O)cs1)C(C)C. The van der Waals surface area contributed by atoms with Crippen molar-refractivity contribution in [1.82, 2.24) is 25.4 Å². The molecule has 61 heavy (non-hydrogen) atoms. The van der Waals surface area contributed by atoms with Gasteiger partial charge in [0.1, 0.15) is 22.6 Å². The number of halogens is 1. The van der Waals surface area contributed by atoms with E-state index in [0.717, 1.165) is 56.4 Å². The lowest BCUT2D eigenvalue weighted by Gasteiger charge is -2.40. The van der Waals surface area contributed by atoms with E-state index in [-0.39, 0.29) is 54.6 Å². The number of carboxylic acid groups (broad SMARTS) is 1. The van der Waals surface area contributed by atoms with E-state index in [2.05, 4.69) is 39.7 Å². The molecule has 3 rings (SSSR count). The Hall–Kier alpha value is -4.11. The number of hydrogen-bond acceptors (Lipinski definition) is 10. The molecule has 1 aromatic carbocycles. The first-order valence-corrected chi connectivity index (χ1v) is 23.0. The van der Waals surface area contributed by atoms with E-state index in [0.29, 0.717) is 35.1 Å². The van der Waals surface area contributed by atoms with Gasteiger partial charge in [-0.1, -0.05) is 73.3 Å². The Morgan fingerprint density at radius 1 is 1.10 bits per heavy atom. The molecular formula is C46H73FN6O7S. The number of aromatic nitrogens is 1. The van der Waals surface area contributed by atoms with Gasteiger partial charge in [0.05, 0.1) is 17.1 Å². The van der Waals surface area contributed by atoms with Gasteiger partial charge in [0.15, 0.2) is 6.10 Å². The number of nitrogens with zero attached hydrogens (tertiary/aromatic N) is 3. The predicted molar refractivity (Wildman–Crippen MR) is 239 cm³/mol.